The van der Waals surface area contributed by atoms with E-state index in [1.54, 1.807) is 6.08 Å². The van der Waals surface area contributed by atoms with Gasteiger partial charge in [-0.3, -0.25) is 4.79 Å². The maximum atomic E-state index is 10.9. The lowest BCUT2D eigenvalue weighted by Gasteiger charge is -1.99. The van der Waals surface area contributed by atoms with Crippen molar-refractivity contribution in [2.45, 2.75) is 71.1 Å². The number of hydrogen-bond donors (Lipinski definition) is 0. The first-order valence-electron chi connectivity index (χ1n) is 9.06. The number of allylic oxidation sites excluding steroid dienone is 6. The average molecular weight is 294 g/mol. The molecule has 0 heterocycles. The van der Waals surface area contributed by atoms with Crippen LogP contribution < -0.4 is 0 Å². The number of unbranched alkanes of at least 4 members (excludes halogenated alkanes) is 4. The second-order valence-corrected chi connectivity index (χ2v) is 4.93. The molecule has 0 aliphatic rings. The molecule has 0 spiro atoms. The SMILES string of the molecule is [2H]C([2H])(C=CCC=CCC)CC=CCCCCCCC(=O)OC. The molecule has 0 saturated carbocycles. The molecule has 0 radical (unpaired) electrons. The molecule has 0 N–H and O–H groups in total. The fraction of sp³-hybridized carbons (Fsp3) is 0.632. The normalized spacial score (nSPS) is 14.0. The fourth-order valence-corrected chi connectivity index (χ4v) is 1.82. The molecule has 0 aromatic heterocycles. The molecule has 120 valence electrons. The van der Waals surface area contributed by atoms with Crippen molar-refractivity contribution in [2.24, 2.45) is 0 Å². The number of methoxy groups -OCH3 is 1. The van der Waals surface area contributed by atoms with Gasteiger partial charge in [0.25, 0.3) is 0 Å². The van der Waals surface area contributed by atoms with Gasteiger partial charge in [0.05, 0.1) is 7.11 Å². The van der Waals surface area contributed by atoms with Gasteiger partial charge in [0.2, 0.25) is 0 Å². The van der Waals surface area contributed by atoms with Gasteiger partial charge in [0.1, 0.15) is 0 Å². The van der Waals surface area contributed by atoms with Crippen LogP contribution in [0.2, 0.25) is 0 Å². The van der Waals surface area contributed by atoms with Crippen LogP contribution >= 0.6 is 0 Å². The summed E-state index contributed by atoms with van der Waals surface area (Å²) in [6, 6.07) is 0. The Bertz CT molecular complexity index is 385. The lowest BCUT2D eigenvalue weighted by atomic mass is 10.1. The lowest BCUT2D eigenvalue weighted by Crippen LogP contribution is -1.98. The maximum absolute atomic E-state index is 10.9. The van der Waals surface area contributed by atoms with Crippen molar-refractivity contribution < 1.29 is 12.3 Å². The van der Waals surface area contributed by atoms with Crippen molar-refractivity contribution in [1.82, 2.24) is 0 Å². The average Bonchev–Trinajstić information content (AvgIpc) is 2.52. The first kappa shape index (κ1) is 16.1. The summed E-state index contributed by atoms with van der Waals surface area (Å²) in [7, 11) is 1.42. The predicted octanol–water partition coefficient (Wildman–Crippen LogP) is 5.75. The Morgan fingerprint density at radius 2 is 1.67 bits per heavy atom. The fourth-order valence-electron chi connectivity index (χ4n) is 1.82. The molecule has 0 fully saturated rings. The van der Waals surface area contributed by atoms with Crippen LogP contribution in [0.1, 0.15) is 73.8 Å². The Labute approximate surface area is 133 Å². The van der Waals surface area contributed by atoms with Crippen molar-refractivity contribution in [2.75, 3.05) is 7.11 Å². The summed E-state index contributed by atoms with van der Waals surface area (Å²) in [5.41, 5.74) is 0. The minimum absolute atomic E-state index is 0.134. The first-order chi connectivity index (χ1) is 11.0. The van der Waals surface area contributed by atoms with Gasteiger partial charge in [-0.2, -0.15) is 0 Å². The molecule has 21 heavy (non-hydrogen) atoms. The van der Waals surface area contributed by atoms with E-state index in [4.69, 9.17) is 2.74 Å². The highest BCUT2D eigenvalue weighted by Crippen LogP contribution is 2.07. The van der Waals surface area contributed by atoms with Crippen molar-refractivity contribution in [3.05, 3.63) is 36.5 Å². The number of rotatable bonds is 13. The Hall–Kier alpha value is -1.31. The molecule has 0 amide bonds. The molecule has 0 aliphatic heterocycles. The minimum atomic E-state index is -1.27. The van der Waals surface area contributed by atoms with E-state index in [1.165, 1.54) is 7.11 Å². The zero-order valence-electron chi connectivity index (χ0n) is 15.6. The largest absolute Gasteiger partial charge is 0.469 e. The summed E-state index contributed by atoms with van der Waals surface area (Å²) in [6.45, 7) is 2.09. The Morgan fingerprint density at radius 1 is 0.952 bits per heavy atom. The van der Waals surface area contributed by atoms with Crippen LogP contribution in [0.25, 0.3) is 0 Å². The van der Waals surface area contributed by atoms with Crippen LogP contribution in [0.4, 0.5) is 0 Å². The number of ether oxygens (including phenoxy) is 1. The van der Waals surface area contributed by atoms with Gasteiger partial charge < -0.3 is 4.74 Å². The second-order valence-electron chi connectivity index (χ2n) is 4.93. The third-order valence-electron chi connectivity index (χ3n) is 3.04. The van der Waals surface area contributed by atoms with Crippen molar-refractivity contribution in [3.8, 4) is 0 Å². The van der Waals surface area contributed by atoms with Crippen LogP contribution in [0.15, 0.2) is 36.5 Å². The van der Waals surface area contributed by atoms with E-state index in [-0.39, 0.29) is 5.97 Å². The zero-order valence-corrected chi connectivity index (χ0v) is 13.6. The maximum Gasteiger partial charge on any atom is 0.305 e. The standard InChI is InChI=1S/C19H32O2/c1-3-4-5-6-7-8-9-10-11-12-13-14-15-16-17-18-19(20)21-2/h4-5,7-8,11-12H,3,6,9-10,13-18H2,1-2H3/i9D2. The summed E-state index contributed by atoms with van der Waals surface area (Å²) < 4.78 is 20.4. The van der Waals surface area contributed by atoms with Gasteiger partial charge in [-0.15, -0.1) is 0 Å². The van der Waals surface area contributed by atoms with Crippen LogP contribution in [0, 0.1) is 0 Å². The molecular formula is C19H32O2. The summed E-state index contributed by atoms with van der Waals surface area (Å²) in [5, 5.41) is 0. The van der Waals surface area contributed by atoms with Crippen molar-refractivity contribution in [3.63, 3.8) is 0 Å². The number of carbonyl (C=O) groups is 1. The summed E-state index contributed by atoms with van der Waals surface area (Å²) in [6.07, 6.45) is 18.2. The predicted molar refractivity (Wildman–Crippen MR) is 91.3 cm³/mol. The van der Waals surface area contributed by atoms with Crippen molar-refractivity contribution >= 4 is 5.97 Å². The monoisotopic (exact) mass is 294 g/mol. The molecule has 0 aliphatic carbocycles. The topological polar surface area (TPSA) is 26.3 Å². The Morgan fingerprint density at radius 3 is 2.43 bits per heavy atom. The molecule has 0 atom stereocenters. The molecule has 0 unspecified atom stereocenters. The van der Waals surface area contributed by atoms with Gasteiger partial charge in [-0.25, -0.2) is 0 Å². The highest BCUT2D eigenvalue weighted by molar-refractivity contribution is 5.68. The molecule has 0 rings (SSSR count). The highest BCUT2D eigenvalue weighted by Gasteiger charge is 1.98. The lowest BCUT2D eigenvalue weighted by molar-refractivity contribution is -0.140. The molecule has 2 nitrogen and oxygen atoms in total. The summed E-state index contributed by atoms with van der Waals surface area (Å²) in [5.74, 6) is -0.134. The zero-order chi connectivity index (χ0) is 17.4. The molecule has 0 aromatic carbocycles. The van der Waals surface area contributed by atoms with E-state index < -0.39 is 6.37 Å². The molecule has 2 heteroatoms. The van der Waals surface area contributed by atoms with E-state index in [1.807, 2.05) is 12.2 Å². The van der Waals surface area contributed by atoms with E-state index in [0.29, 0.717) is 12.8 Å². The van der Waals surface area contributed by atoms with E-state index >= 15 is 0 Å². The van der Waals surface area contributed by atoms with Gasteiger partial charge in [0, 0.05) is 9.16 Å². The van der Waals surface area contributed by atoms with Crippen LogP contribution in [0.3, 0.4) is 0 Å². The van der Waals surface area contributed by atoms with E-state index in [9.17, 15) is 4.79 Å². The Balaban J connectivity index is 3.67. The minimum Gasteiger partial charge on any atom is -0.469 e. The van der Waals surface area contributed by atoms with Gasteiger partial charge in [-0.05, 0) is 44.9 Å². The highest BCUT2D eigenvalue weighted by atomic mass is 16.5. The quantitative estimate of drug-likeness (QED) is 0.246. The molecule has 0 saturated heterocycles. The number of esters is 1. The molecule has 0 aromatic rings. The first-order valence-corrected chi connectivity index (χ1v) is 8.06. The molecular weight excluding hydrogens is 260 g/mol. The Kier molecular flexibility index (Phi) is 12.8. The number of hydrogen-bond acceptors (Lipinski definition) is 2. The second kappa shape index (κ2) is 16.7. The van der Waals surface area contributed by atoms with Gasteiger partial charge in [0.15, 0.2) is 0 Å². The third-order valence-corrected chi connectivity index (χ3v) is 3.04. The summed E-state index contributed by atoms with van der Waals surface area (Å²) >= 11 is 0. The number of carbonyl (C=O) groups excluding carboxylic acids is 1. The molecule has 0 bridgehead atoms. The van der Waals surface area contributed by atoms with Crippen molar-refractivity contribution in [1.29, 1.82) is 0 Å². The van der Waals surface area contributed by atoms with Gasteiger partial charge >= 0.3 is 5.97 Å². The third kappa shape index (κ3) is 16.6. The van der Waals surface area contributed by atoms with E-state index in [0.717, 1.165) is 44.9 Å². The van der Waals surface area contributed by atoms with Crippen LogP contribution in [-0.2, 0) is 9.53 Å². The van der Waals surface area contributed by atoms with Gasteiger partial charge in [-0.1, -0.05) is 56.2 Å². The van der Waals surface area contributed by atoms with Crippen LogP contribution in [-0.4, -0.2) is 13.1 Å². The van der Waals surface area contributed by atoms with Crippen LogP contribution in [0.5, 0.6) is 0 Å². The summed E-state index contributed by atoms with van der Waals surface area (Å²) in [4.78, 5) is 10.9. The smallest absolute Gasteiger partial charge is 0.305 e. The van der Waals surface area contributed by atoms with E-state index in [2.05, 4.69) is 29.9 Å².